The van der Waals surface area contributed by atoms with Gasteiger partial charge in [0.2, 0.25) is 0 Å². The van der Waals surface area contributed by atoms with Crippen LogP contribution in [-0.4, -0.2) is 29.8 Å². The molecule has 0 aliphatic carbocycles. The molecule has 0 aromatic carbocycles. The molecule has 1 aliphatic heterocycles. The lowest BCUT2D eigenvalue weighted by Gasteiger charge is -2.39. The van der Waals surface area contributed by atoms with Crippen molar-refractivity contribution >= 4 is 11.6 Å². The molecule has 0 radical (unpaired) electrons. The lowest BCUT2D eigenvalue weighted by Crippen LogP contribution is -2.56. The molecule has 86 valence electrons. The predicted octanol–water partition coefficient (Wildman–Crippen LogP) is 1.67. The van der Waals surface area contributed by atoms with E-state index in [2.05, 4.69) is 4.98 Å². The SMILES string of the molecule is CC(=O)Cc1cccc(N2CC(F)(F)C2)n1. The van der Waals surface area contributed by atoms with Crippen molar-refractivity contribution in [1.29, 1.82) is 0 Å². The van der Waals surface area contributed by atoms with Crippen LogP contribution in [0.4, 0.5) is 14.6 Å². The first kappa shape index (κ1) is 11.0. The molecule has 0 N–H and O–H groups in total. The Labute approximate surface area is 92.1 Å². The summed E-state index contributed by atoms with van der Waals surface area (Å²) < 4.78 is 25.3. The Morgan fingerprint density at radius 2 is 2.19 bits per heavy atom. The van der Waals surface area contributed by atoms with Crippen molar-refractivity contribution in [3.63, 3.8) is 0 Å². The van der Waals surface area contributed by atoms with Gasteiger partial charge in [-0.25, -0.2) is 13.8 Å². The standard InChI is InChI=1S/C11H12F2N2O/c1-8(16)5-9-3-2-4-10(14-9)15-6-11(12,13)7-15/h2-4H,5-7H2,1H3. The molecular weight excluding hydrogens is 214 g/mol. The molecule has 1 saturated heterocycles. The molecule has 1 aliphatic rings. The van der Waals surface area contributed by atoms with E-state index in [-0.39, 0.29) is 25.3 Å². The quantitative estimate of drug-likeness (QED) is 0.786. The highest BCUT2D eigenvalue weighted by molar-refractivity contribution is 5.77. The highest BCUT2D eigenvalue weighted by Crippen LogP contribution is 2.30. The minimum absolute atomic E-state index is 0.0126. The number of hydrogen-bond donors (Lipinski definition) is 0. The summed E-state index contributed by atoms with van der Waals surface area (Å²) in [5.41, 5.74) is 0.625. The second kappa shape index (κ2) is 3.81. The largest absolute Gasteiger partial charge is 0.344 e. The first-order chi connectivity index (χ1) is 7.46. The van der Waals surface area contributed by atoms with Crippen LogP contribution >= 0.6 is 0 Å². The summed E-state index contributed by atoms with van der Waals surface area (Å²) in [5, 5.41) is 0. The van der Waals surface area contributed by atoms with Gasteiger partial charge < -0.3 is 4.90 Å². The van der Waals surface area contributed by atoms with Crippen LogP contribution in [0.3, 0.4) is 0 Å². The monoisotopic (exact) mass is 226 g/mol. The highest BCUT2D eigenvalue weighted by atomic mass is 19.3. The van der Waals surface area contributed by atoms with Crippen LogP contribution in [0.1, 0.15) is 12.6 Å². The summed E-state index contributed by atoms with van der Waals surface area (Å²) in [5.74, 6) is -2.07. The van der Waals surface area contributed by atoms with E-state index in [1.54, 1.807) is 18.2 Å². The Morgan fingerprint density at radius 3 is 2.75 bits per heavy atom. The Morgan fingerprint density at radius 1 is 1.50 bits per heavy atom. The second-order valence-corrected chi connectivity index (χ2v) is 4.08. The summed E-state index contributed by atoms with van der Waals surface area (Å²) in [6, 6.07) is 5.14. The third-order valence-electron chi connectivity index (χ3n) is 2.39. The van der Waals surface area contributed by atoms with Crippen molar-refractivity contribution in [1.82, 2.24) is 4.98 Å². The minimum Gasteiger partial charge on any atom is -0.344 e. The average Bonchev–Trinajstić information content (AvgIpc) is 2.13. The number of rotatable bonds is 3. The fourth-order valence-corrected chi connectivity index (χ4v) is 1.67. The maximum atomic E-state index is 12.7. The maximum Gasteiger partial charge on any atom is 0.282 e. The van der Waals surface area contributed by atoms with E-state index < -0.39 is 5.92 Å². The maximum absolute atomic E-state index is 12.7. The normalized spacial score (nSPS) is 18.1. The van der Waals surface area contributed by atoms with E-state index >= 15 is 0 Å². The molecule has 0 amide bonds. The van der Waals surface area contributed by atoms with Crippen LogP contribution in [0.5, 0.6) is 0 Å². The third-order valence-corrected chi connectivity index (χ3v) is 2.39. The molecule has 16 heavy (non-hydrogen) atoms. The third kappa shape index (κ3) is 2.35. The molecule has 1 aromatic heterocycles. The van der Waals surface area contributed by atoms with Crippen molar-refractivity contribution in [2.75, 3.05) is 18.0 Å². The summed E-state index contributed by atoms with van der Waals surface area (Å²) >= 11 is 0. The van der Waals surface area contributed by atoms with Crippen molar-refractivity contribution < 1.29 is 13.6 Å². The van der Waals surface area contributed by atoms with Crippen LogP contribution in [0.25, 0.3) is 0 Å². The van der Waals surface area contributed by atoms with Crippen LogP contribution in [0.2, 0.25) is 0 Å². The molecule has 1 aromatic rings. The predicted molar refractivity (Wildman–Crippen MR) is 55.8 cm³/mol. The number of aromatic nitrogens is 1. The van der Waals surface area contributed by atoms with Crippen molar-refractivity contribution in [3.05, 3.63) is 23.9 Å². The van der Waals surface area contributed by atoms with E-state index in [1.165, 1.54) is 11.8 Å². The van der Waals surface area contributed by atoms with E-state index in [1.807, 2.05) is 0 Å². The van der Waals surface area contributed by atoms with E-state index in [9.17, 15) is 13.6 Å². The zero-order chi connectivity index (χ0) is 11.8. The summed E-state index contributed by atoms with van der Waals surface area (Å²) in [6.07, 6.45) is 0.248. The van der Waals surface area contributed by atoms with Gasteiger partial charge in [-0.1, -0.05) is 6.07 Å². The molecule has 0 unspecified atom stereocenters. The number of anilines is 1. The number of hydrogen-bond acceptors (Lipinski definition) is 3. The molecule has 0 spiro atoms. The van der Waals surface area contributed by atoms with Crippen LogP contribution < -0.4 is 4.90 Å². The topological polar surface area (TPSA) is 33.2 Å². The number of pyridine rings is 1. The molecule has 5 heteroatoms. The van der Waals surface area contributed by atoms with E-state index in [4.69, 9.17) is 0 Å². The molecule has 0 saturated carbocycles. The Kier molecular flexibility index (Phi) is 2.61. The zero-order valence-corrected chi connectivity index (χ0v) is 8.91. The van der Waals surface area contributed by atoms with Crippen LogP contribution in [-0.2, 0) is 11.2 Å². The number of carbonyl (C=O) groups excluding carboxylic acids is 1. The first-order valence-corrected chi connectivity index (χ1v) is 5.04. The van der Waals surface area contributed by atoms with Crippen molar-refractivity contribution in [2.24, 2.45) is 0 Å². The van der Waals surface area contributed by atoms with Gasteiger partial charge in [-0.05, 0) is 19.1 Å². The highest BCUT2D eigenvalue weighted by Gasteiger charge is 2.44. The van der Waals surface area contributed by atoms with Crippen LogP contribution in [0, 0.1) is 0 Å². The Bertz CT molecular complexity index is 412. The molecule has 0 atom stereocenters. The zero-order valence-electron chi connectivity index (χ0n) is 8.91. The van der Waals surface area contributed by atoms with Gasteiger partial charge in [0.15, 0.2) is 0 Å². The van der Waals surface area contributed by atoms with Gasteiger partial charge in [-0.3, -0.25) is 4.79 Å². The van der Waals surface area contributed by atoms with Gasteiger partial charge in [0.05, 0.1) is 18.8 Å². The number of halogens is 2. The van der Waals surface area contributed by atoms with Crippen molar-refractivity contribution in [3.8, 4) is 0 Å². The number of carbonyl (C=O) groups is 1. The van der Waals surface area contributed by atoms with E-state index in [0.29, 0.717) is 11.5 Å². The molecule has 2 rings (SSSR count). The smallest absolute Gasteiger partial charge is 0.282 e. The molecule has 0 bridgehead atoms. The number of ketones is 1. The van der Waals surface area contributed by atoms with Gasteiger partial charge >= 0.3 is 0 Å². The van der Waals surface area contributed by atoms with Gasteiger partial charge in [-0.2, -0.15) is 0 Å². The summed E-state index contributed by atoms with van der Waals surface area (Å²) in [6.45, 7) is 0.902. The number of alkyl halides is 2. The minimum atomic E-state index is -2.60. The molecule has 2 heterocycles. The average molecular weight is 226 g/mol. The van der Waals surface area contributed by atoms with Crippen LogP contribution in [0.15, 0.2) is 18.2 Å². The Hall–Kier alpha value is -1.52. The first-order valence-electron chi connectivity index (χ1n) is 5.04. The van der Waals surface area contributed by atoms with Gasteiger partial charge in [0.25, 0.3) is 5.92 Å². The molecule has 3 nitrogen and oxygen atoms in total. The van der Waals surface area contributed by atoms with Crippen molar-refractivity contribution in [2.45, 2.75) is 19.3 Å². The van der Waals surface area contributed by atoms with Gasteiger partial charge in [-0.15, -0.1) is 0 Å². The molecular formula is C11H12F2N2O. The van der Waals surface area contributed by atoms with Gasteiger partial charge in [0, 0.05) is 6.42 Å². The number of Topliss-reactive ketones (excluding diaryl/α,β-unsaturated/α-hetero) is 1. The second-order valence-electron chi connectivity index (χ2n) is 4.08. The number of nitrogens with zero attached hydrogens (tertiary/aromatic N) is 2. The summed E-state index contributed by atoms with van der Waals surface area (Å²) in [7, 11) is 0. The lowest BCUT2D eigenvalue weighted by atomic mass is 10.1. The Balaban J connectivity index is 2.08. The fraction of sp³-hybridized carbons (Fsp3) is 0.455. The van der Waals surface area contributed by atoms with E-state index in [0.717, 1.165) is 0 Å². The lowest BCUT2D eigenvalue weighted by molar-refractivity contribution is -0.116. The fourth-order valence-electron chi connectivity index (χ4n) is 1.67. The molecule has 1 fully saturated rings. The summed E-state index contributed by atoms with van der Waals surface area (Å²) in [4.78, 5) is 16.6. The van der Waals surface area contributed by atoms with Gasteiger partial charge in [0.1, 0.15) is 11.6 Å².